The summed E-state index contributed by atoms with van der Waals surface area (Å²) in [6.45, 7) is 0.971. The van der Waals surface area contributed by atoms with Gasteiger partial charge in [-0.3, -0.25) is 9.59 Å². The summed E-state index contributed by atoms with van der Waals surface area (Å²) < 4.78 is 0. The predicted octanol–water partition coefficient (Wildman–Crippen LogP) is 4.85. The van der Waals surface area contributed by atoms with Crippen LogP contribution in [0, 0.1) is 17.8 Å². The van der Waals surface area contributed by atoms with E-state index in [9.17, 15) is 9.59 Å². The summed E-state index contributed by atoms with van der Waals surface area (Å²) >= 11 is 0. The van der Waals surface area contributed by atoms with Crippen LogP contribution in [-0.4, -0.2) is 34.8 Å². The van der Waals surface area contributed by atoms with E-state index in [0.717, 1.165) is 37.6 Å². The Bertz CT molecular complexity index is 1030. The molecule has 2 amide bonds. The Balaban J connectivity index is 1.20. The molecule has 3 aliphatic heterocycles. The number of rotatable bonds is 5. The van der Waals surface area contributed by atoms with Gasteiger partial charge in [-0.15, -0.1) is 0 Å². The summed E-state index contributed by atoms with van der Waals surface area (Å²) in [6, 6.07) is 15.4. The third-order valence-electron chi connectivity index (χ3n) is 8.89. The Hall–Kier alpha value is -2.36. The summed E-state index contributed by atoms with van der Waals surface area (Å²) in [6.07, 6.45) is 9.96. The van der Waals surface area contributed by atoms with E-state index in [-0.39, 0.29) is 11.4 Å². The van der Waals surface area contributed by atoms with Crippen molar-refractivity contribution in [1.82, 2.24) is 10.2 Å². The molecule has 5 fully saturated rings. The van der Waals surface area contributed by atoms with Crippen LogP contribution < -0.4 is 5.32 Å². The van der Waals surface area contributed by atoms with Crippen LogP contribution in [0.2, 0.25) is 0 Å². The van der Waals surface area contributed by atoms with Crippen molar-refractivity contribution >= 4 is 22.6 Å². The highest BCUT2D eigenvalue weighted by Crippen LogP contribution is 2.47. The van der Waals surface area contributed by atoms with E-state index >= 15 is 0 Å². The molecule has 168 valence electrons. The molecule has 0 aromatic heterocycles. The highest BCUT2D eigenvalue weighted by atomic mass is 16.2. The van der Waals surface area contributed by atoms with E-state index in [4.69, 9.17) is 0 Å². The zero-order chi connectivity index (χ0) is 21.7. The SMILES string of the molecule is O=C1CC[C@](CCC(=O)N2CC3C[C@H]4CC2C[C@H](C3)C4)(Cc2cccc3ccccc23)N1. The minimum atomic E-state index is -0.306. The second-order valence-electron chi connectivity index (χ2n) is 11.1. The number of nitrogens with zero attached hydrogens (tertiary/aromatic N) is 1. The van der Waals surface area contributed by atoms with Gasteiger partial charge in [0.25, 0.3) is 0 Å². The van der Waals surface area contributed by atoms with Gasteiger partial charge < -0.3 is 10.2 Å². The molecule has 32 heavy (non-hydrogen) atoms. The zero-order valence-electron chi connectivity index (χ0n) is 18.9. The molecule has 0 radical (unpaired) electrons. The summed E-state index contributed by atoms with van der Waals surface area (Å²) in [7, 11) is 0. The number of carbonyl (C=O) groups excluding carboxylic acids is 2. The molecule has 2 aromatic rings. The maximum Gasteiger partial charge on any atom is 0.222 e. The van der Waals surface area contributed by atoms with Gasteiger partial charge in [-0.2, -0.15) is 0 Å². The maximum atomic E-state index is 13.5. The predicted molar refractivity (Wildman–Crippen MR) is 126 cm³/mol. The van der Waals surface area contributed by atoms with Crippen LogP contribution in [0.25, 0.3) is 10.8 Å². The van der Waals surface area contributed by atoms with Crippen LogP contribution in [0.4, 0.5) is 0 Å². The lowest BCUT2D eigenvalue weighted by molar-refractivity contribution is -0.134. The maximum absolute atomic E-state index is 13.5. The van der Waals surface area contributed by atoms with Gasteiger partial charge in [0.1, 0.15) is 0 Å². The van der Waals surface area contributed by atoms with Gasteiger partial charge >= 0.3 is 0 Å². The third kappa shape index (κ3) is 3.72. The number of fused-ring (bicyclic) bond motifs is 2. The van der Waals surface area contributed by atoms with E-state index in [2.05, 4.69) is 52.7 Å². The van der Waals surface area contributed by atoms with Gasteiger partial charge in [-0.25, -0.2) is 0 Å². The quantitative estimate of drug-likeness (QED) is 0.737. The Morgan fingerprint density at radius 2 is 1.72 bits per heavy atom. The lowest BCUT2D eigenvalue weighted by atomic mass is 9.68. The van der Waals surface area contributed by atoms with Crippen molar-refractivity contribution in [2.75, 3.05) is 6.54 Å². The highest BCUT2D eigenvalue weighted by molar-refractivity contribution is 5.86. The van der Waals surface area contributed by atoms with Crippen molar-refractivity contribution in [2.45, 2.75) is 75.8 Å². The molecule has 5 aliphatic rings. The van der Waals surface area contributed by atoms with Gasteiger partial charge in [0, 0.05) is 31.0 Å². The normalized spacial score (nSPS) is 33.5. The molecule has 4 nitrogen and oxygen atoms in total. The van der Waals surface area contributed by atoms with Crippen molar-refractivity contribution in [2.24, 2.45) is 17.8 Å². The zero-order valence-corrected chi connectivity index (χ0v) is 18.9. The molecule has 7 rings (SSSR count). The van der Waals surface area contributed by atoms with Gasteiger partial charge in [-0.1, -0.05) is 42.5 Å². The molecular weight excluding hydrogens is 396 g/mol. The molecule has 3 atom stereocenters. The molecular formula is C28H34N2O2. The molecule has 3 heterocycles. The average Bonchev–Trinajstić information content (AvgIpc) is 3.04. The van der Waals surface area contributed by atoms with Crippen LogP contribution in [0.1, 0.15) is 63.4 Å². The van der Waals surface area contributed by atoms with Crippen molar-refractivity contribution < 1.29 is 9.59 Å². The highest BCUT2D eigenvalue weighted by Gasteiger charge is 2.45. The van der Waals surface area contributed by atoms with E-state index in [1.165, 1.54) is 48.4 Å². The Morgan fingerprint density at radius 1 is 0.969 bits per heavy atom. The summed E-state index contributed by atoms with van der Waals surface area (Å²) in [5.41, 5.74) is 0.961. The van der Waals surface area contributed by atoms with E-state index in [0.29, 0.717) is 30.7 Å². The van der Waals surface area contributed by atoms with Crippen LogP contribution in [-0.2, 0) is 16.0 Å². The smallest absolute Gasteiger partial charge is 0.222 e. The van der Waals surface area contributed by atoms with Gasteiger partial charge in [0.05, 0.1) is 0 Å². The van der Waals surface area contributed by atoms with Gasteiger partial charge in [0.2, 0.25) is 11.8 Å². The number of carbonyl (C=O) groups is 2. The molecule has 1 N–H and O–H groups in total. The third-order valence-corrected chi connectivity index (χ3v) is 8.89. The monoisotopic (exact) mass is 430 g/mol. The molecule has 0 unspecified atom stereocenters. The van der Waals surface area contributed by atoms with Gasteiger partial charge in [0.15, 0.2) is 0 Å². The minimum Gasteiger partial charge on any atom is -0.350 e. The number of hydrogen-bond acceptors (Lipinski definition) is 2. The Morgan fingerprint density at radius 3 is 2.50 bits per heavy atom. The minimum absolute atomic E-state index is 0.128. The van der Waals surface area contributed by atoms with Crippen LogP contribution >= 0.6 is 0 Å². The summed E-state index contributed by atoms with van der Waals surface area (Å²) in [5.74, 6) is 2.86. The number of amides is 2. The van der Waals surface area contributed by atoms with Crippen molar-refractivity contribution in [3.8, 4) is 0 Å². The van der Waals surface area contributed by atoms with Crippen molar-refractivity contribution in [3.05, 3.63) is 48.0 Å². The molecule has 2 saturated carbocycles. The first kappa shape index (κ1) is 20.3. The van der Waals surface area contributed by atoms with Crippen LogP contribution in [0.15, 0.2) is 42.5 Å². The fraction of sp³-hybridized carbons (Fsp3) is 0.571. The number of hydrogen-bond donors (Lipinski definition) is 1. The number of benzene rings is 2. The molecule has 4 bridgehead atoms. The molecule has 2 aromatic carbocycles. The second kappa shape index (κ2) is 7.90. The first-order valence-electron chi connectivity index (χ1n) is 12.6. The lowest BCUT2D eigenvalue weighted by Crippen LogP contribution is -2.46. The summed E-state index contributed by atoms with van der Waals surface area (Å²) in [5, 5.41) is 5.79. The largest absolute Gasteiger partial charge is 0.350 e. The first-order valence-corrected chi connectivity index (χ1v) is 12.6. The lowest BCUT2D eigenvalue weighted by Gasteiger charge is -2.39. The molecule has 2 aliphatic carbocycles. The fourth-order valence-electron chi connectivity index (χ4n) is 7.57. The van der Waals surface area contributed by atoms with E-state index in [1.807, 2.05) is 0 Å². The van der Waals surface area contributed by atoms with E-state index < -0.39 is 0 Å². The Kier molecular flexibility index (Phi) is 5.00. The second-order valence-corrected chi connectivity index (χ2v) is 11.1. The average molecular weight is 431 g/mol. The number of nitrogens with one attached hydrogen (secondary N) is 1. The van der Waals surface area contributed by atoms with Crippen molar-refractivity contribution in [3.63, 3.8) is 0 Å². The first-order chi connectivity index (χ1) is 15.6. The van der Waals surface area contributed by atoms with Crippen molar-refractivity contribution in [1.29, 1.82) is 0 Å². The topological polar surface area (TPSA) is 49.4 Å². The summed E-state index contributed by atoms with van der Waals surface area (Å²) in [4.78, 5) is 28.0. The fourth-order valence-corrected chi connectivity index (χ4v) is 7.57. The standard InChI is InChI=1S/C28H34N2O2/c31-26-8-10-28(29-26,17-23-6-3-5-22-4-1-2-7-25(22)23)11-9-27(32)30-18-21-13-19-12-20(14-21)16-24(30)15-19/h1-7,19-21,24H,8-18H2,(H,29,31)/t19-,20-,21?,24?,28-/m0/s1. The van der Waals surface area contributed by atoms with Gasteiger partial charge in [-0.05, 0) is 85.5 Å². The van der Waals surface area contributed by atoms with E-state index in [1.54, 1.807) is 0 Å². The molecule has 4 heteroatoms. The molecule has 0 spiro atoms. The molecule has 3 saturated heterocycles. The van der Waals surface area contributed by atoms with Crippen LogP contribution in [0.3, 0.4) is 0 Å². The van der Waals surface area contributed by atoms with Crippen LogP contribution in [0.5, 0.6) is 0 Å². The Labute approximate surface area is 190 Å².